The molecule has 116 valence electrons. The molecule has 0 atom stereocenters. The number of halogens is 1. The van der Waals surface area contributed by atoms with Crippen LogP contribution in [0.5, 0.6) is 0 Å². The average Bonchev–Trinajstić information content (AvgIpc) is 2.51. The van der Waals surface area contributed by atoms with E-state index in [9.17, 15) is 4.79 Å². The molecule has 0 aliphatic heterocycles. The van der Waals surface area contributed by atoms with Gasteiger partial charge in [0.2, 0.25) is 5.91 Å². The lowest BCUT2D eigenvalue weighted by Gasteiger charge is -2.13. The first-order chi connectivity index (χ1) is 10.6. The lowest BCUT2D eigenvalue weighted by atomic mass is 10.1. The van der Waals surface area contributed by atoms with Crippen LogP contribution in [0.2, 0.25) is 5.02 Å². The van der Waals surface area contributed by atoms with E-state index in [4.69, 9.17) is 11.6 Å². The van der Waals surface area contributed by atoms with Crippen LogP contribution in [0.25, 0.3) is 0 Å². The predicted molar refractivity (Wildman–Crippen MR) is 96.8 cm³/mol. The molecule has 2 nitrogen and oxygen atoms in total. The van der Waals surface area contributed by atoms with E-state index in [1.54, 1.807) is 11.8 Å². The monoisotopic (exact) mass is 333 g/mol. The molecule has 0 bridgehead atoms. The SMILES string of the molecule is CCc1cccc(C)c1NC(=O)CSCc1ccccc1Cl. The molecule has 0 saturated heterocycles. The lowest BCUT2D eigenvalue weighted by molar-refractivity contribution is -0.113. The van der Waals surface area contributed by atoms with Gasteiger partial charge in [0.05, 0.1) is 5.75 Å². The molecular formula is C18H20ClNOS. The minimum Gasteiger partial charge on any atom is -0.325 e. The van der Waals surface area contributed by atoms with Gasteiger partial charge in [-0.05, 0) is 36.1 Å². The number of nitrogens with one attached hydrogen (secondary N) is 1. The van der Waals surface area contributed by atoms with Gasteiger partial charge in [-0.15, -0.1) is 11.8 Å². The zero-order valence-electron chi connectivity index (χ0n) is 12.9. The normalized spacial score (nSPS) is 10.5. The number of amides is 1. The quantitative estimate of drug-likeness (QED) is 0.798. The van der Waals surface area contributed by atoms with Crippen molar-refractivity contribution in [2.24, 2.45) is 0 Å². The molecule has 22 heavy (non-hydrogen) atoms. The number of hydrogen-bond acceptors (Lipinski definition) is 2. The highest BCUT2D eigenvalue weighted by Gasteiger charge is 2.09. The van der Waals surface area contributed by atoms with Crippen molar-refractivity contribution in [3.63, 3.8) is 0 Å². The third-order valence-corrected chi connectivity index (χ3v) is 4.80. The van der Waals surface area contributed by atoms with E-state index >= 15 is 0 Å². The summed E-state index contributed by atoms with van der Waals surface area (Å²) in [7, 11) is 0. The zero-order valence-corrected chi connectivity index (χ0v) is 14.4. The number of carbonyl (C=O) groups excluding carboxylic acids is 1. The molecular weight excluding hydrogens is 314 g/mol. The third-order valence-electron chi connectivity index (χ3n) is 3.45. The first-order valence-electron chi connectivity index (χ1n) is 7.31. The Morgan fingerprint density at radius 1 is 1.14 bits per heavy atom. The molecule has 0 fully saturated rings. The van der Waals surface area contributed by atoms with Crippen LogP contribution < -0.4 is 5.32 Å². The summed E-state index contributed by atoms with van der Waals surface area (Å²) in [5.41, 5.74) is 4.29. The summed E-state index contributed by atoms with van der Waals surface area (Å²) in [6, 6.07) is 13.8. The number of carbonyl (C=O) groups is 1. The number of anilines is 1. The Morgan fingerprint density at radius 3 is 2.59 bits per heavy atom. The molecule has 4 heteroatoms. The fourth-order valence-electron chi connectivity index (χ4n) is 2.25. The second-order valence-corrected chi connectivity index (χ2v) is 6.49. The summed E-state index contributed by atoms with van der Waals surface area (Å²) in [6.07, 6.45) is 0.907. The first-order valence-corrected chi connectivity index (χ1v) is 8.84. The van der Waals surface area contributed by atoms with E-state index in [0.717, 1.165) is 34.0 Å². The predicted octanol–water partition coefficient (Wildman–Crippen LogP) is 5.08. The highest BCUT2D eigenvalue weighted by molar-refractivity contribution is 7.99. The van der Waals surface area contributed by atoms with Gasteiger partial charge in [-0.2, -0.15) is 0 Å². The molecule has 2 aromatic rings. The Morgan fingerprint density at radius 2 is 1.86 bits per heavy atom. The minimum absolute atomic E-state index is 0.0288. The number of aryl methyl sites for hydroxylation is 2. The zero-order chi connectivity index (χ0) is 15.9. The van der Waals surface area contributed by atoms with Crippen LogP contribution in [0.1, 0.15) is 23.6 Å². The van der Waals surface area contributed by atoms with Gasteiger partial charge in [0.1, 0.15) is 0 Å². The van der Waals surface area contributed by atoms with Crippen LogP contribution in [0.15, 0.2) is 42.5 Å². The van der Waals surface area contributed by atoms with Crippen molar-refractivity contribution in [3.8, 4) is 0 Å². The van der Waals surface area contributed by atoms with Crippen LogP contribution in [-0.2, 0) is 17.0 Å². The van der Waals surface area contributed by atoms with Crippen molar-refractivity contribution in [1.29, 1.82) is 0 Å². The second kappa shape index (κ2) is 8.25. The Labute approximate surface area is 141 Å². The van der Waals surface area contributed by atoms with Gasteiger partial charge in [-0.25, -0.2) is 0 Å². The van der Waals surface area contributed by atoms with E-state index < -0.39 is 0 Å². The standard InChI is InChI=1S/C18H20ClNOS/c1-3-14-9-6-7-13(2)18(14)20-17(21)12-22-11-15-8-4-5-10-16(15)19/h4-10H,3,11-12H2,1-2H3,(H,20,21). The smallest absolute Gasteiger partial charge is 0.234 e. The summed E-state index contributed by atoms with van der Waals surface area (Å²) in [6.45, 7) is 4.11. The van der Waals surface area contributed by atoms with E-state index in [0.29, 0.717) is 5.75 Å². The van der Waals surface area contributed by atoms with Crippen molar-refractivity contribution in [1.82, 2.24) is 0 Å². The summed E-state index contributed by atoms with van der Waals surface area (Å²) < 4.78 is 0. The van der Waals surface area contributed by atoms with Crippen LogP contribution in [0.4, 0.5) is 5.69 Å². The molecule has 0 spiro atoms. The lowest BCUT2D eigenvalue weighted by Crippen LogP contribution is -2.16. The fraction of sp³-hybridized carbons (Fsp3) is 0.278. The first kappa shape index (κ1) is 16.9. The maximum atomic E-state index is 12.1. The molecule has 0 unspecified atom stereocenters. The molecule has 1 N–H and O–H groups in total. The second-order valence-electron chi connectivity index (χ2n) is 5.09. The Kier molecular flexibility index (Phi) is 6.34. The van der Waals surface area contributed by atoms with Gasteiger partial charge in [0.15, 0.2) is 0 Å². The van der Waals surface area contributed by atoms with Gasteiger partial charge in [0.25, 0.3) is 0 Å². The molecule has 0 aliphatic rings. The van der Waals surface area contributed by atoms with E-state index in [1.165, 1.54) is 5.56 Å². The van der Waals surface area contributed by atoms with Crippen LogP contribution in [0, 0.1) is 6.92 Å². The summed E-state index contributed by atoms with van der Waals surface area (Å²) >= 11 is 7.69. The van der Waals surface area contributed by atoms with Gasteiger partial charge in [-0.3, -0.25) is 4.79 Å². The molecule has 0 saturated carbocycles. The van der Waals surface area contributed by atoms with Crippen molar-refractivity contribution >= 4 is 35.0 Å². The highest BCUT2D eigenvalue weighted by atomic mass is 35.5. The highest BCUT2D eigenvalue weighted by Crippen LogP contribution is 2.23. The summed E-state index contributed by atoms with van der Waals surface area (Å²) in [4.78, 5) is 12.1. The largest absolute Gasteiger partial charge is 0.325 e. The maximum Gasteiger partial charge on any atom is 0.234 e. The van der Waals surface area contributed by atoms with Crippen molar-refractivity contribution in [2.75, 3.05) is 11.1 Å². The van der Waals surface area contributed by atoms with E-state index in [2.05, 4.69) is 18.3 Å². The van der Waals surface area contributed by atoms with Crippen molar-refractivity contribution in [2.45, 2.75) is 26.0 Å². The molecule has 0 heterocycles. The van der Waals surface area contributed by atoms with Crippen molar-refractivity contribution in [3.05, 3.63) is 64.2 Å². The van der Waals surface area contributed by atoms with Crippen molar-refractivity contribution < 1.29 is 4.79 Å². The van der Waals surface area contributed by atoms with Gasteiger partial charge >= 0.3 is 0 Å². The van der Waals surface area contributed by atoms with Gasteiger partial charge < -0.3 is 5.32 Å². The van der Waals surface area contributed by atoms with Crippen LogP contribution >= 0.6 is 23.4 Å². The maximum absolute atomic E-state index is 12.1. The summed E-state index contributed by atoms with van der Waals surface area (Å²) in [5, 5.41) is 3.79. The molecule has 2 rings (SSSR count). The number of benzene rings is 2. The molecule has 0 aliphatic carbocycles. The molecule has 0 radical (unpaired) electrons. The molecule has 1 amide bonds. The molecule has 0 aromatic heterocycles. The Hall–Kier alpha value is -1.45. The number of rotatable bonds is 6. The molecule has 2 aromatic carbocycles. The van der Waals surface area contributed by atoms with Crippen LogP contribution in [-0.4, -0.2) is 11.7 Å². The third kappa shape index (κ3) is 4.52. The van der Waals surface area contributed by atoms with Gasteiger partial charge in [-0.1, -0.05) is 54.9 Å². The Bertz CT molecular complexity index is 657. The summed E-state index contributed by atoms with van der Waals surface area (Å²) in [5.74, 6) is 1.19. The Balaban J connectivity index is 1.90. The number of thioether (sulfide) groups is 1. The van der Waals surface area contributed by atoms with Gasteiger partial charge in [0, 0.05) is 16.5 Å². The van der Waals surface area contributed by atoms with E-state index in [1.807, 2.05) is 43.3 Å². The fourth-order valence-corrected chi connectivity index (χ4v) is 3.36. The topological polar surface area (TPSA) is 29.1 Å². The van der Waals surface area contributed by atoms with Crippen LogP contribution in [0.3, 0.4) is 0 Å². The number of para-hydroxylation sites is 1. The minimum atomic E-state index is 0.0288. The number of hydrogen-bond donors (Lipinski definition) is 1. The van der Waals surface area contributed by atoms with E-state index in [-0.39, 0.29) is 5.91 Å². The average molecular weight is 334 g/mol.